The lowest BCUT2D eigenvalue weighted by Gasteiger charge is -2.35. The van der Waals surface area contributed by atoms with Crippen LogP contribution in [0.1, 0.15) is 53.5 Å². The van der Waals surface area contributed by atoms with Gasteiger partial charge in [-0.05, 0) is 59.1 Å². The lowest BCUT2D eigenvalue weighted by Crippen LogP contribution is -2.49. The molecule has 24 heavy (non-hydrogen) atoms. The van der Waals surface area contributed by atoms with Gasteiger partial charge in [-0.1, -0.05) is 36.4 Å². The molecule has 0 saturated carbocycles. The van der Waals surface area contributed by atoms with E-state index in [9.17, 15) is 4.79 Å². The standard InChI is InChI=1S/C20H29NO3/c1-15(16-10-8-7-9-11-16)12-13-17-14-23-20(5,6)21(17)18(22)24-19(2,3)4/h7-12,17H,13-14H2,1-6H3/b15-12-/t17-/m0/s1. The Kier molecular flexibility index (Phi) is 5.38. The maximum atomic E-state index is 12.6. The minimum atomic E-state index is -0.651. The van der Waals surface area contributed by atoms with Crippen LogP contribution in [0.5, 0.6) is 0 Å². The minimum absolute atomic E-state index is 0.0199. The number of benzene rings is 1. The number of carbonyl (C=O) groups is 1. The number of rotatable bonds is 3. The normalized spacial score (nSPS) is 21.0. The third-order valence-electron chi connectivity index (χ3n) is 4.09. The maximum absolute atomic E-state index is 12.6. The number of hydrogen-bond acceptors (Lipinski definition) is 3. The molecule has 0 N–H and O–H groups in total. The second-order valence-corrected chi connectivity index (χ2v) is 7.75. The van der Waals surface area contributed by atoms with Gasteiger partial charge in [-0.15, -0.1) is 0 Å². The monoisotopic (exact) mass is 331 g/mol. The van der Waals surface area contributed by atoms with E-state index in [1.54, 1.807) is 4.90 Å². The largest absolute Gasteiger partial charge is 0.444 e. The average Bonchev–Trinajstić information content (AvgIpc) is 2.78. The number of amides is 1. The van der Waals surface area contributed by atoms with Crippen molar-refractivity contribution in [3.05, 3.63) is 42.0 Å². The summed E-state index contributed by atoms with van der Waals surface area (Å²) in [4.78, 5) is 14.3. The third kappa shape index (κ3) is 4.60. The molecule has 1 amide bonds. The molecule has 0 aromatic heterocycles. The van der Waals surface area contributed by atoms with Crippen molar-refractivity contribution in [2.75, 3.05) is 6.61 Å². The van der Waals surface area contributed by atoms with Gasteiger partial charge in [-0.3, -0.25) is 4.90 Å². The molecule has 1 heterocycles. The Morgan fingerprint density at radius 1 is 1.33 bits per heavy atom. The number of ether oxygens (including phenoxy) is 2. The Bertz CT molecular complexity index is 599. The summed E-state index contributed by atoms with van der Waals surface area (Å²) in [5.41, 5.74) is 1.22. The first kappa shape index (κ1) is 18.5. The molecule has 4 heteroatoms. The highest BCUT2D eigenvalue weighted by molar-refractivity contribution is 5.70. The van der Waals surface area contributed by atoms with Gasteiger partial charge in [0, 0.05) is 0 Å². The molecule has 4 nitrogen and oxygen atoms in total. The zero-order valence-electron chi connectivity index (χ0n) is 15.6. The Morgan fingerprint density at radius 2 is 1.96 bits per heavy atom. The van der Waals surface area contributed by atoms with Crippen LogP contribution < -0.4 is 0 Å². The summed E-state index contributed by atoms with van der Waals surface area (Å²) in [5.74, 6) is 0. The van der Waals surface area contributed by atoms with E-state index >= 15 is 0 Å². The van der Waals surface area contributed by atoms with E-state index in [2.05, 4.69) is 25.1 Å². The predicted molar refractivity (Wildman–Crippen MR) is 96.6 cm³/mol. The molecule has 1 saturated heterocycles. The van der Waals surface area contributed by atoms with Crippen molar-refractivity contribution in [1.29, 1.82) is 0 Å². The van der Waals surface area contributed by atoms with Gasteiger partial charge < -0.3 is 9.47 Å². The zero-order chi connectivity index (χ0) is 18.0. The van der Waals surface area contributed by atoms with Crippen LogP contribution in [-0.2, 0) is 9.47 Å². The van der Waals surface area contributed by atoms with Crippen molar-refractivity contribution < 1.29 is 14.3 Å². The van der Waals surface area contributed by atoms with Gasteiger partial charge in [0.25, 0.3) is 0 Å². The summed E-state index contributed by atoms with van der Waals surface area (Å²) < 4.78 is 11.4. The van der Waals surface area contributed by atoms with Crippen LogP contribution in [0.3, 0.4) is 0 Å². The zero-order valence-corrected chi connectivity index (χ0v) is 15.6. The summed E-state index contributed by atoms with van der Waals surface area (Å²) in [6, 6.07) is 10.2. The van der Waals surface area contributed by atoms with Crippen LogP contribution >= 0.6 is 0 Å². The Morgan fingerprint density at radius 3 is 2.54 bits per heavy atom. The van der Waals surface area contributed by atoms with Crippen LogP contribution in [0.2, 0.25) is 0 Å². The van der Waals surface area contributed by atoms with E-state index in [0.717, 1.165) is 6.42 Å². The molecule has 0 radical (unpaired) electrons. The molecule has 1 aromatic carbocycles. The molecular formula is C20H29NO3. The van der Waals surface area contributed by atoms with Crippen molar-refractivity contribution in [3.8, 4) is 0 Å². The fraction of sp³-hybridized carbons (Fsp3) is 0.550. The highest BCUT2D eigenvalue weighted by Gasteiger charge is 2.45. The van der Waals surface area contributed by atoms with Crippen molar-refractivity contribution >= 4 is 11.7 Å². The topological polar surface area (TPSA) is 38.8 Å². The van der Waals surface area contributed by atoms with Crippen molar-refractivity contribution in [1.82, 2.24) is 4.90 Å². The second kappa shape index (κ2) is 6.98. The molecule has 0 spiro atoms. The van der Waals surface area contributed by atoms with Crippen LogP contribution in [0, 0.1) is 0 Å². The smallest absolute Gasteiger partial charge is 0.412 e. The molecule has 1 aliphatic rings. The van der Waals surface area contributed by atoms with Gasteiger partial charge in [0.2, 0.25) is 0 Å². The van der Waals surface area contributed by atoms with E-state index in [1.165, 1.54) is 11.1 Å². The molecule has 132 valence electrons. The predicted octanol–water partition coefficient (Wildman–Crippen LogP) is 4.85. The van der Waals surface area contributed by atoms with E-state index in [0.29, 0.717) is 6.61 Å². The molecule has 1 aliphatic heterocycles. The minimum Gasteiger partial charge on any atom is -0.444 e. The summed E-state index contributed by atoms with van der Waals surface area (Å²) in [6.45, 7) is 12.1. The van der Waals surface area contributed by atoms with Gasteiger partial charge in [-0.25, -0.2) is 4.79 Å². The fourth-order valence-corrected chi connectivity index (χ4v) is 2.87. The maximum Gasteiger partial charge on any atom is 0.412 e. The van der Waals surface area contributed by atoms with Crippen LogP contribution in [-0.4, -0.2) is 35.0 Å². The SMILES string of the molecule is C/C(=C/C[C@H]1COC(C)(C)N1C(=O)OC(C)(C)C)c1ccccc1. The van der Waals surface area contributed by atoms with E-state index in [1.807, 2.05) is 52.8 Å². The summed E-state index contributed by atoms with van der Waals surface area (Å²) in [6.07, 6.45) is 2.59. The number of hydrogen-bond donors (Lipinski definition) is 0. The number of nitrogens with zero attached hydrogens (tertiary/aromatic N) is 1. The third-order valence-corrected chi connectivity index (χ3v) is 4.09. The van der Waals surface area contributed by atoms with Crippen molar-refractivity contribution in [3.63, 3.8) is 0 Å². The second-order valence-electron chi connectivity index (χ2n) is 7.75. The van der Waals surface area contributed by atoms with Crippen LogP contribution in [0.25, 0.3) is 5.57 Å². The Balaban J connectivity index is 2.12. The first-order chi connectivity index (χ1) is 11.1. The number of carbonyl (C=O) groups excluding carboxylic acids is 1. The van der Waals surface area contributed by atoms with E-state index in [-0.39, 0.29) is 12.1 Å². The Hall–Kier alpha value is -1.81. The molecule has 1 fully saturated rings. The highest BCUT2D eigenvalue weighted by atomic mass is 16.6. The van der Waals surface area contributed by atoms with E-state index in [4.69, 9.17) is 9.47 Å². The van der Waals surface area contributed by atoms with Gasteiger partial charge in [-0.2, -0.15) is 0 Å². The average molecular weight is 331 g/mol. The molecule has 0 aliphatic carbocycles. The van der Waals surface area contributed by atoms with E-state index < -0.39 is 11.3 Å². The molecule has 0 bridgehead atoms. The quantitative estimate of drug-likeness (QED) is 0.794. The van der Waals surface area contributed by atoms with Gasteiger partial charge in [0.05, 0.1) is 12.6 Å². The lowest BCUT2D eigenvalue weighted by atomic mass is 10.0. The summed E-state index contributed by atoms with van der Waals surface area (Å²) >= 11 is 0. The first-order valence-corrected chi connectivity index (χ1v) is 8.48. The van der Waals surface area contributed by atoms with Gasteiger partial charge >= 0.3 is 6.09 Å². The highest BCUT2D eigenvalue weighted by Crippen LogP contribution is 2.31. The van der Waals surface area contributed by atoms with Crippen LogP contribution in [0.15, 0.2) is 36.4 Å². The molecule has 0 unspecified atom stereocenters. The molecular weight excluding hydrogens is 302 g/mol. The molecule has 1 aromatic rings. The number of allylic oxidation sites excluding steroid dienone is 1. The first-order valence-electron chi connectivity index (χ1n) is 8.48. The molecule has 1 atom stereocenters. The summed E-state index contributed by atoms with van der Waals surface area (Å²) in [7, 11) is 0. The molecule has 2 rings (SSSR count). The van der Waals surface area contributed by atoms with Crippen LogP contribution in [0.4, 0.5) is 4.79 Å². The van der Waals surface area contributed by atoms with Gasteiger partial charge in [0.1, 0.15) is 11.3 Å². The fourth-order valence-electron chi connectivity index (χ4n) is 2.87. The van der Waals surface area contributed by atoms with Crippen molar-refractivity contribution in [2.45, 2.75) is 65.3 Å². The Labute approximate surface area is 145 Å². The lowest BCUT2D eigenvalue weighted by molar-refractivity contribution is -0.0623. The van der Waals surface area contributed by atoms with Gasteiger partial charge in [0.15, 0.2) is 0 Å². The summed E-state index contributed by atoms with van der Waals surface area (Å²) in [5, 5.41) is 0. The van der Waals surface area contributed by atoms with Crippen molar-refractivity contribution in [2.24, 2.45) is 0 Å².